The molecule has 7 heteroatoms. The quantitative estimate of drug-likeness (QED) is 0.687. The summed E-state index contributed by atoms with van der Waals surface area (Å²) >= 11 is 12.2. The van der Waals surface area contributed by atoms with E-state index in [9.17, 15) is 9.59 Å². The van der Waals surface area contributed by atoms with Crippen LogP contribution in [0.5, 0.6) is 0 Å². The van der Waals surface area contributed by atoms with Crippen LogP contribution >= 0.6 is 23.2 Å². The average molecular weight is 406 g/mol. The Morgan fingerprint density at radius 2 is 1.89 bits per heavy atom. The second-order valence-corrected chi connectivity index (χ2v) is 8.00. The van der Waals surface area contributed by atoms with Crippen molar-refractivity contribution in [1.29, 1.82) is 0 Å². The predicted molar refractivity (Wildman–Crippen MR) is 108 cm³/mol. The number of nitrogens with one attached hydrogen (secondary N) is 2. The summed E-state index contributed by atoms with van der Waals surface area (Å²) < 4.78 is 0. The number of primary amides is 1. The van der Waals surface area contributed by atoms with Crippen molar-refractivity contribution in [3.63, 3.8) is 0 Å². The number of amides is 2. The number of halogens is 2. The molecule has 0 radical (unpaired) electrons. The van der Waals surface area contributed by atoms with Gasteiger partial charge < -0.3 is 11.1 Å². The standard InChI is InChI=1S/C20H21Cl2N3O2/c1-11(2)17(18(23)26)25-20(10-12-4-3-5-13(21)8-12)15-7-6-14(22)9-16(15)24-19(20)27/h3-9,11,17,25H,10H2,1-2H3,(H2,23,26)(H,24,27). The number of carbonyl (C=O) groups excluding carboxylic acids is 2. The molecule has 27 heavy (non-hydrogen) atoms. The van der Waals surface area contributed by atoms with Gasteiger partial charge >= 0.3 is 0 Å². The van der Waals surface area contributed by atoms with Gasteiger partial charge in [0.25, 0.3) is 0 Å². The molecule has 0 spiro atoms. The Hall–Kier alpha value is -2.08. The Morgan fingerprint density at radius 3 is 2.52 bits per heavy atom. The second-order valence-electron chi connectivity index (χ2n) is 7.12. The highest BCUT2D eigenvalue weighted by Gasteiger charge is 2.49. The molecule has 1 aliphatic rings. The lowest BCUT2D eigenvalue weighted by Crippen LogP contribution is -2.59. The van der Waals surface area contributed by atoms with Crippen LogP contribution in [-0.2, 0) is 21.5 Å². The molecular formula is C20H21Cl2N3O2. The molecule has 4 N–H and O–H groups in total. The van der Waals surface area contributed by atoms with Crippen LogP contribution in [0.2, 0.25) is 10.0 Å². The lowest BCUT2D eigenvalue weighted by atomic mass is 9.83. The Labute approximate surface area is 168 Å². The molecule has 2 aromatic carbocycles. The van der Waals surface area contributed by atoms with Gasteiger partial charge in [0.15, 0.2) is 0 Å². The van der Waals surface area contributed by atoms with Gasteiger partial charge in [-0.25, -0.2) is 0 Å². The molecule has 0 fully saturated rings. The summed E-state index contributed by atoms with van der Waals surface area (Å²) in [6.07, 6.45) is 0.310. The molecule has 2 amide bonds. The smallest absolute Gasteiger partial charge is 0.249 e. The van der Waals surface area contributed by atoms with Crippen LogP contribution in [0.3, 0.4) is 0 Å². The summed E-state index contributed by atoms with van der Waals surface area (Å²) in [6, 6.07) is 11.8. The van der Waals surface area contributed by atoms with Crippen LogP contribution in [0.15, 0.2) is 42.5 Å². The average Bonchev–Trinajstić information content (AvgIpc) is 2.83. The first-order valence-electron chi connectivity index (χ1n) is 8.66. The summed E-state index contributed by atoms with van der Waals surface area (Å²) in [7, 11) is 0. The lowest BCUT2D eigenvalue weighted by molar-refractivity contribution is -0.125. The molecule has 3 rings (SSSR count). The first-order chi connectivity index (χ1) is 12.7. The van der Waals surface area contributed by atoms with E-state index in [0.717, 1.165) is 11.1 Å². The molecule has 5 nitrogen and oxygen atoms in total. The van der Waals surface area contributed by atoms with Gasteiger partial charge in [-0.2, -0.15) is 0 Å². The molecule has 0 aromatic heterocycles. The van der Waals surface area contributed by atoms with Crippen molar-refractivity contribution in [1.82, 2.24) is 5.32 Å². The Bertz CT molecular complexity index is 901. The summed E-state index contributed by atoms with van der Waals surface area (Å²) in [5.74, 6) is -0.861. The van der Waals surface area contributed by atoms with Gasteiger partial charge in [0.1, 0.15) is 5.54 Å². The second kappa shape index (κ2) is 7.50. The highest BCUT2D eigenvalue weighted by Crippen LogP contribution is 2.40. The van der Waals surface area contributed by atoms with Crippen LogP contribution < -0.4 is 16.4 Å². The monoisotopic (exact) mass is 405 g/mol. The van der Waals surface area contributed by atoms with Crippen LogP contribution in [0.4, 0.5) is 5.69 Å². The largest absolute Gasteiger partial charge is 0.368 e. The summed E-state index contributed by atoms with van der Waals surface area (Å²) in [5, 5.41) is 7.22. The van der Waals surface area contributed by atoms with E-state index < -0.39 is 17.5 Å². The molecule has 0 aliphatic carbocycles. The highest BCUT2D eigenvalue weighted by atomic mass is 35.5. The summed E-state index contributed by atoms with van der Waals surface area (Å²) in [6.45, 7) is 3.76. The maximum atomic E-state index is 13.1. The van der Waals surface area contributed by atoms with E-state index in [0.29, 0.717) is 22.2 Å². The molecule has 1 aliphatic heterocycles. The predicted octanol–water partition coefficient (Wildman–Crippen LogP) is 3.48. The maximum Gasteiger partial charge on any atom is 0.249 e. The number of hydrogen-bond donors (Lipinski definition) is 3. The summed E-state index contributed by atoms with van der Waals surface area (Å²) in [5.41, 5.74) is 6.65. The van der Waals surface area contributed by atoms with Crippen LogP contribution in [0, 0.1) is 5.92 Å². The Morgan fingerprint density at radius 1 is 1.19 bits per heavy atom. The third kappa shape index (κ3) is 3.81. The van der Waals surface area contributed by atoms with E-state index in [2.05, 4.69) is 10.6 Å². The topological polar surface area (TPSA) is 84.2 Å². The van der Waals surface area contributed by atoms with Crippen molar-refractivity contribution in [3.05, 3.63) is 63.6 Å². The van der Waals surface area contributed by atoms with Crippen molar-refractivity contribution in [2.24, 2.45) is 11.7 Å². The van der Waals surface area contributed by atoms with E-state index in [1.165, 1.54) is 0 Å². The first kappa shape index (κ1) is 19.7. The molecule has 0 saturated carbocycles. The fourth-order valence-electron chi connectivity index (χ4n) is 3.50. The minimum atomic E-state index is -1.16. The van der Waals surface area contributed by atoms with E-state index in [1.54, 1.807) is 30.3 Å². The number of hydrogen-bond acceptors (Lipinski definition) is 3. The van der Waals surface area contributed by atoms with Crippen molar-refractivity contribution in [2.45, 2.75) is 31.8 Å². The van der Waals surface area contributed by atoms with Gasteiger partial charge in [-0.05, 0) is 35.7 Å². The molecule has 0 saturated heterocycles. The van der Waals surface area contributed by atoms with Crippen LogP contribution in [0.25, 0.3) is 0 Å². The minimum absolute atomic E-state index is 0.0945. The van der Waals surface area contributed by atoms with Gasteiger partial charge in [0.2, 0.25) is 11.8 Å². The first-order valence-corrected chi connectivity index (χ1v) is 9.41. The van der Waals surface area contributed by atoms with Gasteiger partial charge in [0, 0.05) is 27.7 Å². The maximum absolute atomic E-state index is 13.1. The zero-order valence-corrected chi connectivity index (χ0v) is 16.6. The molecule has 1 heterocycles. The molecule has 2 unspecified atom stereocenters. The number of benzene rings is 2. The van der Waals surface area contributed by atoms with E-state index in [4.69, 9.17) is 28.9 Å². The molecule has 2 atom stereocenters. The number of anilines is 1. The van der Waals surface area contributed by atoms with Gasteiger partial charge in [0.05, 0.1) is 6.04 Å². The molecule has 2 aromatic rings. The van der Waals surface area contributed by atoms with E-state index in [-0.39, 0.29) is 11.8 Å². The summed E-state index contributed by atoms with van der Waals surface area (Å²) in [4.78, 5) is 25.2. The van der Waals surface area contributed by atoms with E-state index in [1.807, 2.05) is 26.0 Å². The Kier molecular flexibility index (Phi) is 5.47. The number of fused-ring (bicyclic) bond motifs is 1. The third-order valence-electron chi connectivity index (χ3n) is 4.81. The fourth-order valence-corrected chi connectivity index (χ4v) is 3.88. The van der Waals surface area contributed by atoms with Gasteiger partial charge in [-0.3, -0.25) is 14.9 Å². The van der Waals surface area contributed by atoms with E-state index >= 15 is 0 Å². The van der Waals surface area contributed by atoms with Crippen molar-refractivity contribution in [3.8, 4) is 0 Å². The minimum Gasteiger partial charge on any atom is -0.368 e. The third-order valence-corrected chi connectivity index (χ3v) is 5.28. The number of carbonyl (C=O) groups is 2. The van der Waals surface area contributed by atoms with Gasteiger partial charge in [-0.1, -0.05) is 55.2 Å². The molecular weight excluding hydrogens is 385 g/mol. The lowest BCUT2D eigenvalue weighted by Gasteiger charge is -2.34. The molecule has 0 bridgehead atoms. The van der Waals surface area contributed by atoms with Crippen LogP contribution in [0.1, 0.15) is 25.0 Å². The zero-order valence-electron chi connectivity index (χ0n) is 15.1. The van der Waals surface area contributed by atoms with Crippen LogP contribution in [-0.4, -0.2) is 17.9 Å². The SMILES string of the molecule is CC(C)C(NC1(Cc2cccc(Cl)c2)C(=O)Nc2cc(Cl)ccc21)C(N)=O. The van der Waals surface area contributed by atoms with Crippen molar-refractivity contribution in [2.75, 3.05) is 5.32 Å². The Balaban J connectivity index is 2.12. The normalized spacial score (nSPS) is 19.7. The van der Waals surface area contributed by atoms with Crippen molar-refractivity contribution >= 4 is 40.7 Å². The fraction of sp³-hybridized carbons (Fsp3) is 0.300. The molecule has 142 valence electrons. The van der Waals surface area contributed by atoms with Crippen molar-refractivity contribution < 1.29 is 9.59 Å². The zero-order chi connectivity index (χ0) is 19.8. The number of nitrogens with two attached hydrogens (primary N) is 1. The highest BCUT2D eigenvalue weighted by molar-refractivity contribution is 6.31. The van der Waals surface area contributed by atoms with Gasteiger partial charge in [-0.15, -0.1) is 0 Å². The number of rotatable bonds is 6.